The number of nitrogens with one attached hydrogen (secondary N) is 1. The summed E-state index contributed by atoms with van der Waals surface area (Å²) >= 11 is 0. The van der Waals surface area contributed by atoms with Gasteiger partial charge in [0.15, 0.2) is 0 Å². The van der Waals surface area contributed by atoms with Gasteiger partial charge in [-0.2, -0.15) is 4.72 Å². The molecule has 0 spiro atoms. The molecule has 1 atom stereocenters. The van der Waals surface area contributed by atoms with Gasteiger partial charge >= 0.3 is 0 Å². The van der Waals surface area contributed by atoms with E-state index in [-0.39, 0.29) is 4.90 Å². The van der Waals surface area contributed by atoms with E-state index in [1.807, 2.05) is 19.2 Å². The van der Waals surface area contributed by atoms with E-state index in [1.54, 1.807) is 61.5 Å². The Bertz CT molecular complexity index is 1160. The zero-order valence-corrected chi connectivity index (χ0v) is 20.1. The molecular formula is C25H31N3O4S. The molecule has 33 heavy (non-hydrogen) atoms. The molecule has 3 aromatic rings. The zero-order chi connectivity index (χ0) is 23.4. The molecule has 0 bridgehead atoms. The Hall–Kier alpha value is -2.84. The molecule has 1 aliphatic rings. The van der Waals surface area contributed by atoms with Crippen molar-refractivity contribution >= 4 is 10.0 Å². The fourth-order valence-corrected chi connectivity index (χ4v) is 5.68. The molecule has 1 aliphatic carbocycles. The molecule has 2 aromatic carbocycles. The van der Waals surface area contributed by atoms with Crippen molar-refractivity contribution in [2.24, 2.45) is 7.05 Å². The molecule has 4 rings (SSSR count). The van der Waals surface area contributed by atoms with Crippen LogP contribution in [0.1, 0.15) is 61.0 Å². The van der Waals surface area contributed by atoms with Crippen molar-refractivity contribution in [2.45, 2.75) is 49.0 Å². The van der Waals surface area contributed by atoms with E-state index < -0.39 is 16.1 Å². The van der Waals surface area contributed by atoms with Crippen molar-refractivity contribution in [3.8, 4) is 11.5 Å². The lowest BCUT2D eigenvalue weighted by Crippen LogP contribution is -2.31. The number of rotatable bonds is 8. The summed E-state index contributed by atoms with van der Waals surface area (Å²) in [6.07, 6.45) is 9.53. The molecule has 7 nitrogen and oxygen atoms in total. The lowest BCUT2D eigenvalue weighted by molar-refractivity contribution is 0.392. The molecule has 1 N–H and O–H groups in total. The number of benzene rings is 2. The second-order valence-corrected chi connectivity index (χ2v) is 10.2. The lowest BCUT2D eigenvalue weighted by Gasteiger charge is -2.23. The summed E-state index contributed by atoms with van der Waals surface area (Å²) in [4.78, 5) is 4.64. The number of ether oxygens (including phenoxy) is 2. The highest BCUT2D eigenvalue weighted by atomic mass is 32.2. The first-order chi connectivity index (χ1) is 15.9. The van der Waals surface area contributed by atoms with Crippen LogP contribution in [0.25, 0.3) is 0 Å². The van der Waals surface area contributed by atoms with Crippen molar-refractivity contribution in [3.05, 3.63) is 71.8 Å². The summed E-state index contributed by atoms with van der Waals surface area (Å²) in [6.45, 7) is 0. The predicted octanol–water partition coefficient (Wildman–Crippen LogP) is 4.55. The maximum atomic E-state index is 13.4. The van der Waals surface area contributed by atoms with E-state index in [1.165, 1.54) is 37.7 Å². The van der Waals surface area contributed by atoms with Crippen LogP contribution in [-0.2, 0) is 17.1 Å². The average molecular weight is 470 g/mol. The summed E-state index contributed by atoms with van der Waals surface area (Å²) in [5.74, 6) is 2.22. The Morgan fingerprint density at radius 1 is 1.00 bits per heavy atom. The van der Waals surface area contributed by atoms with Crippen LogP contribution in [0.4, 0.5) is 0 Å². The third-order valence-corrected chi connectivity index (χ3v) is 7.80. The van der Waals surface area contributed by atoms with Crippen molar-refractivity contribution in [3.63, 3.8) is 0 Å². The van der Waals surface area contributed by atoms with Crippen molar-refractivity contribution in [2.75, 3.05) is 14.2 Å². The Labute approximate surface area is 195 Å². The van der Waals surface area contributed by atoms with Gasteiger partial charge in [-0.3, -0.25) is 0 Å². The van der Waals surface area contributed by atoms with Gasteiger partial charge in [-0.25, -0.2) is 13.4 Å². The van der Waals surface area contributed by atoms with Gasteiger partial charge in [0.2, 0.25) is 10.0 Å². The molecule has 0 radical (unpaired) electrons. The van der Waals surface area contributed by atoms with Crippen LogP contribution in [0.15, 0.2) is 59.8 Å². The van der Waals surface area contributed by atoms with Crippen LogP contribution < -0.4 is 14.2 Å². The smallest absolute Gasteiger partial charge is 0.241 e. The van der Waals surface area contributed by atoms with E-state index in [0.29, 0.717) is 28.8 Å². The Morgan fingerprint density at radius 2 is 1.64 bits per heavy atom. The van der Waals surface area contributed by atoms with Gasteiger partial charge in [-0.15, -0.1) is 0 Å². The normalized spacial score (nSPS) is 15.8. The fraction of sp³-hybridized carbons (Fsp3) is 0.400. The maximum Gasteiger partial charge on any atom is 0.241 e. The molecule has 8 heteroatoms. The number of aromatic nitrogens is 2. The fourth-order valence-electron chi connectivity index (χ4n) is 4.50. The van der Waals surface area contributed by atoms with Crippen molar-refractivity contribution in [1.29, 1.82) is 0 Å². The van der Waals surface area contributed by atoms with Crippen molar-refractivity contribution in [1.82, 2.24) is 14.3 Å². The van der Waals surface area contributed by atoms with Gasteiger partial charge in [0.05, 0.1) is 19.1 Å². The van der Waals surface area contributed by atoms with Crippen LogP contribution in [-0.4, -0.2) is 32.2 Å². The van der Waals surface area contributed by atoms with Gasteiger partial charge in [0, 0.05) is 25.5 Å². The highest BCUT2D eigenvalue weighted by molar-refractivity contribution is 7.89. The molecule has 1 saturated carbocycles. The Kier molecular flexibility index (Phi) is 7.05. The number of hydrogen-bond donors (Lipinski definition) is 1. The zero-order valence-electron chi connectivity index (χ0n) is 19.3. The van der Waals surface area contributed by atoms with Crippen LogP contribution in [0.3, 0.4) is 0 Å². The van der Waals surface area contributed by atoms with Gasteiger partial charge in [0.25, 0.3) is 0 Å². The van der Waals surface area contributed by atoms with Crippen molar-refractivity contribution < 1.29 is 17.9 Å². The summed E-state index contributed by atoms with van der Waals surface area (Å²) in [5.41, 5.74) is 1.88. The van der Waals surface area contributed by atoms with Gasteiger partial charge in [-0.1, -0.05) is 31.4 Å². The molecular weight excluding hydrogens is 438 g/mol. The van der Waals surface area contributed by atoms with E-state index in [2.05, 4.69) is 9.71 Å². The highest BCUT2D eigenvalue weighted by Gasteiger charge is 2.27. The number of aryl methyl sites for hydroxylation is 1. The monoisotopic (exact) mass is 469 g/mol. The summed E-state index contributed by atoms with van der Waals surface area (Å²) in [6, 6.07) is 11.9. The highest BCUT2D eigenvalue weighted by Crippen LogP contribution is 2.34. The third kappa shape index (κ3) is 5.23. The van der Waals surface area contributed by atoms with Gasteiger partial charge in [-0.05, 0) is 54.2 Å². The molecule has 1 fully saturated rings. The molecule has 1 heterocycles. The molecule has 1 aromatic heterocycles. The average Bonchev–Trinajstić information content (AvgIpc) is 3.28. The first-order valence-electron chi connectivity index (χ1n) is 11.2. The number of sulfonamides is 1. The number of hydrogen-bond acceptors (Lipinski definition) is 5. The van der Waals surface area contributed by atoms with E-state index in [0.717, 1.165) is 0 Å². The second kappa shape index (κ2) is 9.97. The minimum Gasteiger partial charge on any atom is -0.497 e. The van der Waals surface area contributed by atoms with Crippen LogP contribution in [0.5, 0.6) is 11.5 Å². The topological polar surface area (TPSA) is 82.4 Å². The maximum absolute atomic E-state index is 13.4. The standard InChI is InChI=1S/C25H31N3O4S/c1-28-14-13-26-25(28)24(20-15-21(31-2)17-22(16-20)32-3)27-33(29,30)23-11-9-19(10-12-23)18-7-5-4-6-8-18/h9-18,24,27H,4-8H2,1-3H3. The van der Waals surface area contributed by atoms with E-state index in [4.69, 9.17) is 9.47 Å². The quantitative estimate of drug-likeness (QED) is 0.523. The molecule has 0 saturated heterocycles. The Balaban J connectivity index is 1.67. The minimum absolute atomic E-state index is 0.233. The van der Waals surface area contributed by atoms with E-state index >= 15 is 0 Å². The summed E-state index contributed by atoms with van der Waals surface area (Å²) in [7, 11) is 1.14. The Morgan fingerprint density at radius 3 is 2.18 bits per heavy atom. The molecule has 1 unspecified atom stereocenters. The molecule has 0 amide bonds. The number of nitrogens with zero attached hydrogens (tertiary/aromatic N) is 2. The molecule has 176 valence electrons. The predicted molar refractivity (Wildman–Crippen MR) is 127 cm³/mol. The SMILES string of the molecule is COc1cc(OC)cc(C(NS(=O)(=O)c2ccc(C3CCCCC3)cc2)c2nccn2C)c1. The summed E-state index contributed by atoms with van der Waals surface area (Å²) in [5, 5.41) is 0. The number of methoxy groups -OCH3 is 2. The van der Waals surface area contributed by atoms with Gasteiger partial charge in [0.1, 0.15) is 23.4 Å². The first kappa shape index (κ1) is 23.3. The van der Waals surface area contributed by atoms with Crippen LogP contribution in [0.2, 0.25) is 0 Å². The molecule has 0 aliphatic heterocycles. The van der Waals surface area contributed by atoms with Crippen LogP contribution in [0, 0.1) is 0 Å². The largest absolute Gasteiger partial charge is 0.497 e. The van der Waals surface area contributed by atoms with Gasteiger partial charge < -0.3 is 14.0 Å². The second-order valence-electron chi connectivity index (χ2n) is 8.50. The number of imidazole rings is 1. The lowest BCUT2D eigenvalue weighted by atomic mass is 9.84. The summed E-state index contributed by atoms with van der Waals surface area (Å²) < 4.78 is 42.3. The van der Waals surface area contributed by atoms with Crippen LogP contribution >= 0.6 is 0 Å². The van der Waals surface area contributed by atoms with E-state index in [9.17, 15) is 8.42 Å². The third-order valence-electron chi connectivity index (χ3n) is 6.36. The first-order valence-corrected chi connectivity index (χ1v) is 12.7. The minimum atomic E-state index is -3.82.